The third-order valence-electron chi connectivity index (χ3n) is 1.51. The van der Waals surface area contributed by atoms with E-state index in [0.717, 1.165) is 6.42 Å². The van der Waals surface area contributed by atoms with Crippen molar-refractivity contribution in [1.82, 2.24) is 4.98 Å². The van der Waals surface area contributed by atoms with E-state index in [-0.39, 0.29) is 0 Å². The highest BCUT2D eigenvalue weighted by atomic mass is 31.2. The summed E-state index contributed by atoms with van der Waals surface area (Å²) in [4.78, 5) is 3.78. The molecule has 0 aliphatic carbocycles. The Morgan fingerprint density at radius 3 is 1.93 bits per heavy atom. The standard InChI is InChI=1S/C5H5N.C4H9O3P/c1-2-4-6-5-3-1;1-8(5)6-3-2-4-7-8/h1-5H;2-4H2,1H3. The summed E-state index contributed by atoms with van der Waals surface area (Å²) in [5.74, 6) is 0. The van der Waals surface area contributed by atoms with E-state index < -0.39 is 7.60 Å². The lowest BCUT2D eigenvalue weighted by Crippen LogP contribution is -2.06. The first kappa shape index (κ1) is 11.4. The van der Waals surface area contributed by atoms with Crippen LogP contribution in [0.25, 0.3) is 0 Å². The summed E-state index contributed by atoms with van der Waals surface area (Å²) < 4.78 is 20.4. The second kappa shape index (κ2) is 5.91. The molecule has 0 saturated carbocycles. The van der Waals surface area contributed by atoms with E-state index in [0.29, 0.717) is 13.2 Å². The van der Waals surface area contributed by atoms with Gasteiger partial charge in [0.2, 0.25) is 0 Å². The molecular formula is C9H14NO3P. The zero-order valence-electron chi connectivity index (χ0n) is 8.13. The molecule has 78 valence electrons. The molecule has 2 heterocycles. The maximum absolute atomic E-state index is 10.8. The van der Waals surface area contributed by atoms with Crippen molar-refractivity contribution in [3.8, 4) is 0 Å². The van der Waals surface area contributed by atoms with E-state index in [9.17, 15) is 4.57 Å². The predicted molar refractivity (Wildman–Crippen MR) is 54.3 cm³/mol. The summed E-state index contributed by atoms with van der Waals surface area (Å²) in [5, 5.41) is 0. The molecule has 0 aromatic carbocycles. The van der Waals surface area contributed by atoms with Crippen molar-refractivity contribution in [1.29, 1.82) is 0 Å². The van der Waals surface area contributed by atoms with Gasteiger partial charge in [-0.25, -0.2) is 0 Å². The lowest BCUT2D eigenvalue weighted by Gasteiger charge is -2.18. The van der Waals surface area contributed by atoms with Crippen LogP contribution in [0.3, 0.4) is 0 Å². The van der Waals surface area contributed by atoms with Crippen molar-refractivity contribution in [2.45, 2.75) is 6.42 Å². The van der Waals surface area contributed by atoms with Crippen LogP contribution < -0.4 is 0 Å². The van der Waals surface area contributed by atoms with Crippen LogP contribution in [-0.2, 0) is 13.6 Å². The number of hydrogen-bond donors (Lipinski definition) is 0. The molecule has 1 aliphatic rings. The minimum absolute atomic E-state index is 0.577. The topological polar surface area (TPSA) is 48.4 Å². The van der Waals surface area contributed by atoms with Gasteiger partial charge in [0.05, 0.1) is 13.2 Å². The van der Waals surface area contributed by atoms with Gasteiger partial charge in [-0.15, -0.1) is 0 Å². The zero-order chi connectivity index (χ0) is 10.3. The second-order valence-corrected chi connectivity index (χ2v) is 4.87. The Morgan fingerprint density at radius 1 is 1.14 bits per heavy atom. The van der Waals surface area contributed by atoms with Crippen molar-refractivity contribution in [3.05, 3.63) is 30.6 Å². The van der Waals surface area contributed by atoms with E-state index in [2.05, 4.69) is 4.98 Å². The third-order valence-corrected chi connectivity index (χ3v) is 2.81. The molecule has 1 aromatic heterocycles. The van der Waals surface area contributed by atoms with Gasteiger partial charge in [0.1, 0.15) is 0 Å². The molecule has 1 saturated heterocycles. The smallest absolute Gasteiger partial charge is 0.309 e. The van der Waals surface area contributed by atoms with Crippen molar-refractivity contribution in [2.24, 2.45) is 0 Å². The number of aromatic nitrogens is 1. The quantitative estimate of drug-likeness (QED) is 0.623. The van der Waals surface area contributed by atoms with E-state index >= 15 is 0 Å². The van der Waals surface area contributed by atoms with Gasteiger partial charge < -0.3 is 9.05 Å². The molecule has 2 rings (SSSR count). The lowest BCUT2D eigenvalue weighted by molar-refractivity contribution is 0.150. The van der Waals surface area contributed by atoms with E-state index in [1.165, 1.54) is 6.66 Å². The van der Waals surface area contributed by atoms with Crippen LogP contribution in [0, 0.1) is 0 Å². The van der Waals surface area contributed by atoms with Crippen molar-refractivity contribution in [3.63, 3.8) is 0 Å². The van der Waals surface area contributed by atoms with Crippen LogP contribution >= 0.6 is 7.60 Å². The minimum atomic E-state index is -2.59. The molecule has 1 fully saturated rings. The Morgan fingerprint density at radius 2 is 1.71 bits per heavy atom. The van der Waals surface area contributed by atoms with E-state index in [4.69, 9.17) is 9.05 Å². The highest BCUT2D eigenvalue weighted by Gasteiger charge is 2.19. The molecule has 14 heavy (non-hydrogen) atoms. The third kappa shape index (κ3) is 5.12. The van der Waals surface area contributed by atoms with Crippen LogP contribution in [0.2, 0.25) is 0 Å². The lowest BCUT2D eigenvalue weighted by atomic mass is 10.5. The van der Waals surface area contributed by atoms with Gasteiger partial charge in [-0.05, 0) is 18.6 Å². The van der Waals surface area contributed by atoms with Gasteiger partial charge in [0, 0.05) is 19.1 Å². The number of hydrogen-bond acceptors (Lipinski definition) is 4. The first-order valence-electron chi connectivity index (χ1n) is 4.42. The molecule has 5 heteroatoms. The van der Waals surface area contributed by atoms with Crippen LogP contribution in [0.1, 0.15) is 6.42 Å². The van der Waals surface area contributed by atoms with Crippen molar-refractivity contribution in [2.75, 3.05) is 19.9 Å². The molecule has 1 aromatic rings. The number of nitrogens with zero attached hydrogens (tertiary/aromatic N) is 1. The molecule has 0 spiro atoms. The maximum atomic E-state index is 10.8. The highest BCUT2D eigenvalue weighted by molar-refractivity contribution is 7.53. The fourth-order valence-electron chi connectivity index (χ4n) is 0.870. The molecule has 0 radical (unpaired) electrons. The summed E-state index contributed by atoms with van der Waals surface area (Å²) in [5.41, 5.74) is 0. The largest absolute Gasteiger partial charge is 0.327 e. The Hall–Kier alpha value is -0.700. The molecule has 0 unspecified atom stereocenters. The molecule has 0 bridgehead atoms. The first-order valence-corrected chi connectivity index (χ1v) is 6.41. The minimum Gasteiger partial charge on any atom is -0.309 e. The summed E-state index contributed by atoms with van der Waals surface area (Å²) in [7, 11) is -2.59. The van der Waals surface area contributed by atoms with Gasteiger partial charge in [-0.1, -0.05) is 6.07 Å². The summed E-state index contributed by atoms with van der Waals surface area (Å²) in [6.07, 6.45) is 4.36. The van der Waals surface area contributed by atoms with Gasteiger partial charge in [0.15, 0.2) is 0 Å². The Bertz CT molecular complexity index is 255. The van der Waals surface area contributed by atoms with Crippen LogP contribution in [0.15, 0.2) is 30.6 Å². The monoisotopic (exact) mass is 215 g/mol. The van der Waals surface area contributed by atoms with Crippen LogP contribution in [-0.4, -0.2) is 24.9 Å². The van der Waals surface area contributed by atoms with Gasteiger partial charge >= 0.3 is 7.60 Å². The molecule has 0 atom stereocenters. The molecule has 0 N–H and O–H groups in total. The first-order chi connectivity index (χ1) is 6.71. The van der Waals surface area contributed by atoms with Gasteiger partial charge in [-0.3, -0.25) is 9.55 Å². The Labute approximate surface area is 83.8 Å². The SMILES string of the molecule is CP1(=O)OCCCO1.c1ccncc1. The molecule has 0 amide bonds. The van der Waals surface area contributed by atoms with Crippen LogP contribution in [0.4, 0.5) is 0 Å². The van der Waals surface area contributed by atoms with Gasteiger partial charge in [-0.2, -0.15) is 0 Å². The predicted octanol–water partition coefficient (Wildman–Crippen LogP) is 2.33. The number of rotatable bonds is 0. The normalized spacial score (nSPS) is 19.2. The molecule has 1 aliphatic heterocycles. The summed E-state index contributed by atoms with van der Waals surface area (Å²) in [6, 6.07) is 5.72. The average Bonchev–Trinajstić information content (AvgIpc) is 2.21. The highest BCUT2D eigenvalue weighted by Crippen LogP contribution is 2.46. The van der Waals surface area contributed by atoms with Crippen LogP contribution in [0.5, 0.6) is 0 Å². The second-order valence-electron chi connectivity index (χ2n) is 2.82. The summed E-state index contributed by atoms with van der Waals surface area (Å²) in [6.45, 7) is 2.65. The fourth-order valence-corrected chi connectivity index (χ4v) is 1.87. The van der Waals surface area contributed by atoms with Crippen molar-refractivity contribution < 1.29 is 13.6 Å². The zero-order valence-corrected chi connectivity index (χ0v) is 9.02. The van der Waals surface area contributed by atoms with E-state index in [1.54, 1.807) is 12.4 Å². The summed E-state index contributed by atoms with van der Waals surface area (Å²) >= 11 is 0. The molecule has 4 nitrogen and oxygen atoms in total. The fraction of sp³-hybridized carbons (Fsp3) is 0.444. The average molecular weight is 215 g/mol. The van der Waals surface area contributed by atoms with E-state index in [1.807, 2.05) is 18.2 Å². The number of pyridine rings is 1. The maximum Gasteiger partial charge on any atom is 0.327 e. The Balaban J connectivity index is 0.000000146. The van der Waals surface area contributed by atoms with Gasteiger partial charge in [0.25, 0.3) is 0 Å². The Kier molecular flexibility index (Phi) is 4.80. The molecular weight excluding hydrogens is 201 g/mol. The van der Waals surface area contributed by atoms with Crippen molar-refractivity contribution >= 4 is 7.60 Å².